The molecule has 0 fully saturated rings. The SMILES string of the molecule is CC1(C)CCC2=C([N]c3ccccc32)C1(C)C. The van der Waals surface area contributed by atoms with Gasteiger partial charge in [-0.1, -0.05) is 45.9 Å². The third-order valence-corrected chi connectivity index (χ3v) is 5.03. The first-order valence-electron chi connectivity index (χ1n) is 6.48. The fraction of sp³-hybridized carbons (Fsp3) is 0.500. The van der Waals surface area contributed by atoms with Crippen LogP contribution in [-0.2, 0) is 0 Å². The van der Waals surface area contributed by atoms with Crippen LogP contribution in [0.25, 0.3) is 5.57 Å². The molecule has 1 aliphatic heterocycles. The van der Waals surface area contributed by atoms with E-state index >= 15 is 0 Å². The highest BCUT2D eigenvalue weighted by molar-refractivity contribution is 5.83. The lowest BCUT2D eigenvalue weighted by Gasteiger charge is -2.46. The molecule has 0 unspecified atom stereocenters. The molecule has 1 aromatic carbocycles. The number of benzene rings is 1. The van der Waals surface area contributed by atoms with E-state index < -0.39 is 0 Å². The molecule has 1 radical (unpaired) electrons. The molecule has 1 aliphatic carbocycles. The second kappa shape index (κ2) is 3.16. The number of fused-ring (bicyclic) bond motifs is 2. The molecule has 1 heteroatoms. The number of rotatable bonds is 0. The van der Waals surface area contributed by atoms with Crippen LogP contribution in [0.2, 0.25) is 0 Å². The largest absolute Gasteiger partial charge is 0.252 e. The van der Waals surface area contributed by atoms with Crippen molar-refractivity contribution in [2.75, 3.05) is 0 Å². The van der Waals surface area contributed by atoms with Gasteiger partial charge in [0, 0.05) is 11.0 Å². The Morgan fingerprint density at radius 3 is 2.53 bits per heavy atom. The first-order chi connectivity index (χ1) is 7.93. The first kappa shape index (κ1) is 10.9. The fourth-order valence-corrected chi connectivity index (χ4v) is 2.98. The molecule has 17 heavy (non-hydrogen) atoms. The van der Waals surface area contributed by atoms with Crippen LogP contribution in [0.1, 0.15) is 46.1 Å². The van der Waals surface area contributed by atoms with E-state index in [0.717, 1.165) is 0 Å². The Balaban J connectivity index is 2.15. The first-order valence-corrected chi connectivity index (χ1v) is 6.48. The van der Waals surface area contributed by atoms with Crippen LogP contribution < -0.4 is 5.32 Å². The van der Waals surface area contributed by atoms with Crippen LogP contribution in [0.15, 0.2) is 30.0 Å². The van der Waals surface area contributed by atoms with Gasteiger partial charge in [0.15, 0.2) is 0 Å². The molecule has 0 saturated heterocycles. The van der Waals surface area contributed by atoms with Crippen LogP contribution in [0.3, 0.4) is 0 Å². The van der Waals surface area contributed by atoms with E-state index in [1.54, 1.807) is 0 Å². The highest BCUT2D eigenvalue weighted by Crippen LogP contribution is 2.57. The van der Waals surface area contributed by atoms with Gasteiger partial charge in [0.05, 0.1) is 11.4 Å². The van der Waals surface area contributed by atoms with E-state index in [-0.39, 0.29) is 5.41 Å². The van der Waals surface area contributed by atoms with Crippen molar-refractivity contribution >= 4 is 11.3 Å². The summed E-state index contributed by atoms with van der Waals surface area (Å²) in [5.74, 6) is 0. The van der Waals surface area contributed by atoms with Gasteiger partial charge in [-0.25, -0.2) is 0 Å². The standard InChI is InChI=1S/C16H20N/c1-15(2)10-9-12-11-7-5-6-8-13(11)17-14(12)16(15,3)4/h5-8H,9-10H2,1-4H3. The van der Waals surface area contributed by atoms with Crippen molar-refractivity contribution in [3.8, 4) is 0 Å². The zero-order valence-corrected chi connectivity index (χ0v) is 11.2. The summed E-state index contributed by atoms with van der Waals surface area (Å²) < 4.78 is 0. The molecule has 0 spiro atoms. The average molecular weight is 226 g/mol. The van der Waals surface area contributed by atoms with Gasteiger partial charge in [-0.3, -0.25) is 5.32 Å². The molecule has 3 rings (SSSR count). The number of hydrogen-bond acceptors (Lipinski definition) is 0. The van der Waals surface area contributed by atoms with Gasteiger partial charge >= 0.3 is 0 Å². The molecular formula is C16H20N. The van der Waals surface area contributed by atoms with Crippen LogP contribution in [-0.4, -0.2) is 0 Å². The molecule has 0 saturated carbocycles. The average Bonchev–Trinajstić information content (AvgIpc) is 2.64. The quantitative estimate of drug-likeness (QED) is 0.618. The third kappa shape index (κ3) is 1.31. The maximum atomic E-state index is 4.90. The van der Waals surface area contributed by atoms with Crippen LogP contribution in [0.4, 0.5) is 5.69 Å². The summed E-state index contributed by atoms with van der Waals surface area (Å²) in [5.41, 5.74) is 5.85. The Labute approximate surface area is 104 Å². The molecule has 0 bridgehead atoms. The summed E-state index contributed by atoms with van der Waals surface area (Å²) in [7, 11) is 0. The third-order valence-electron chi connectivity index (χ3n) is 5.03. The molecule has 89 valence electrons. The van der Waals surface area contributed by atoms with Gasteiger partial charge in [-0.05, 0) is 29.9 Å². The number of allylic oxidation sites excluding steroid dienone is 2. The van der Waals surface area contributed by atoms with Crippen molar-refractivity contribution in [1.82, 2.24) is 5.32 Å². The Kier molecular flexibility index (Phi) is 2.02. The van der Waals surface area contributed by atoms with Crippen molar-refractivity contribution in [2.24, 2.45) is 10.8 Å². The normalized spacial score (nSPS) is 24.0. The molecule has 0 N–H and O–H groups in total. The van der Waals surface area contributed by atoms with E-state index in [2.05, 4.69) is 52.0 Å². The Morgan fingerprint density at radius 2 is 1.76 bits per heavy atom. The minimum absolute atomic E-state index is 0.166. The minimum atomic E-state index is 0.166. The summed E-state index contributed by atoms with van der Waals surface area (Å²) >= 11 is 0. The van der Waals surface area contributed by atoms with Gasteiger partial charge in [0.2, 0.25) is 0 Å². The fourth-order valence-electron chi connectivity index (χ4n) is 2.98. The van der Waals surface area contributed by atoms with Crippen molar-refractivity contribution in [3.63, 3.8) is 0 Å². The summed E-state index contributed by atoms with van der Waals surface area (Å²) in [6.45, 7) is 9.43. The minimum Gasteiger partial charge on any atom is -0.252 e. The van der Waals surface area contributed by atoms with Gasteiger partial charge in [-0.2, -0.15) is 0 Å². The number of para-hydroxylation sites is 1. The highest BCUT2D eigenvalue weighted by Gasteiger charge is 2.47. The van der Waals surface area contributed by atoms with Gasteiger partial charge in [0.25, 0.3) is 0 Å². The van der Waals surface area contributed by atoms with E-state index in [4.69, 9.17) is 5.32 Å². The Hall–Kier alpha value is -1.24. The maximum Gasteiger partial charge on any atom is 0.0709 e. The second-order valence-electron chi connectivity index (χ2n) is 6.46. The topological polar surface area (TPSA) is 14.1 Å². The molecule has 0 aromatic heterocycles. The van der Waals surface area contributed by atoms with Crippen molar-refractivity contribution < 1.29 is 0 Å². The molecule has 0 atom stereocenters. The molecular weight excluding hydrogens is 206 g/mol. The van der Waals surface area contributed by atoms with Gasteiger partial charge in [0.1, 0.15) is 0 Å². The van der Waals surface area contributed by atoms with Crippen LogP contribution >= 0.6 is 0 Å². The Morgan fingerprint density at radius 1 is 1.06 bits per heavy atom. The lowest BCUT2D eigenvalue weighted by molar-refractivity contribution is 0.126. The van der Waals surface area contributed by atoms with E-state index in [1.165, 1.54) is 35.4 Å². The molecule has 1 nitrogen and oxygen atoms in total. The Bertz CT molecular complexity index is 506. The number of nitrogens with zero attached hydrogens (tertiary/aromatic N) is 1. The van der Waals surface area contributed by atoms with E-state index in [0.29, 0.717) is 5.41 Å². The van der Waals surface area contributed by atoms with Gasteiger partial charge < -0.3 is 0 Å². The van der Waals surface area contributed by atoms with Gasteiger partial charge in [-0.15, -0.1) is 0 Å². The molecule has 1 aromatic rings. The summed E-state index contributed by atoms with van der Waals surface area (Å²) in [5, 5.41) is 4.90. The maximum absolute atomic E-state index is 4.90. The summed E-state index contributed by atoms with van der Waals surface area (Å²) in [6, 6.07) is 8.56. The van der Waals surface area contributed by atoms with Crippen LogP contribution in [0.5, 0.6) is 0 Å². The van der Waals surface area contributed by atoms with Crippen LogP contribution in [0, 0.1) is 10.8 Å². The summed E-state index contributed by atoms with van der Waals surface area (Å²) in [4.78, 5) is 0. The zero-order valence-electron chi connectivity index (χ0n) is 11.2. The molecule has 2 aliphatic rings. The lowest BCUT2D eigenvalue weighted by atomic mass is 9.59. The second-order valence-corrected chi connectivity index (χ2v) is 6.46. The summed E-state index contributed by atoms with van der Waals surface area (Å²) in [6.07, 6.45) is 2.43. The van der Waals surface area contributed by atoms with Crippen molar-refractivity contribution in [3.05, 3.63) is 35.5 Å². The van der Waals surface area contributed by atoms with Crippen molar-refractivity contribution in [2.45, 2.75) is 40.5 Å². The molecule has 0 amide bonds. The zero-order chi connectivity index (χ0) is 12.3. The predicted octanol–water partition coefficient (Wildman–Crippen LogP) is 4.49. The highest BCUT2D eigenvalue weighted by atomic mass is 15.0. The van der Waals surface area contributed by atoms with E-state index in [1.807, 2.05) is 0 Å². The molecule has 1 heterocycles. The smallest absolute Gasteiger partial charge is 0.0709 e. The van der Waals surface area contributed by atoms with Crippen molar-refractivity contribution in [1.29, 1.82) is 0 Å². The lowest BCUT2D eigenvalue weighted by Crippen LogP contribution is -2.38. The van der Waals surface area contributed by atoms with E-state index in [9.17, 15) is 0 Å². The monoisotopic (exact) mass is 226 g/mol. The predicted molar refractivity (Wildman–Crippen MR) is 72.0 cm³/mol. The number of hydrogen-bond donors (Lipinski definition) is 0.